The van der Waals surface area contributed by atoms with E-state index in [1.165, 1.54) is 0 Å². The summed E-state index contributed by atoms with van der Waals surface area (Å²) in [6, 6.07) is 6.06. The monoisotopic (exact) mass is 292 g/mol. The van der Waals surface area contributed by atoms with Gasteiger partial charge in [0, 0.05) is 5.56 Å². The van der Waals surface area contributed by atoms with Gasteiger partial charge >= 0.3 is 7.12 Å². The molecule has 0 radical (unpaired) electrons. The van der Waals surface area contributed by atoms with Crippen molar-refractivity contribution in [2.24, 2.45) is 5.92 Å². The van der Waals surface area contributed by atoms with Crippen LogP contribution in [0.3, 0.4) is 0 Å². The molecule has 0 atom stereocenters. The molecule has 21 heavy (non-hydrogen) atoms. The molecule has 0 aliphatic carbocycles. The SMILES string of the molecule is CC(C)COc1ccc(B2OCCO2)cc1COC(C)C. The molecule has 1 aliphatic rings. The highest BCUT2D eigenvalue weighted by Crippen LogP contribution is 2.20. The second kappa shape index (κ2) is 7.83. The standard InChI is InChI=1S/C16H25BO4/c1-12(2)10-19-16-6-5-15(17-20-7-8-21-17)9-14(16)11-18-13(3)4/h5-6,9,12-13H,7-8,10-11H2,1-4H3. The maximum Gasteiger partial charge on any atom is 0.494 e. The summed E-state index contributed by atoms with van der Waals surface area (Å²) in [7, 11) is -0.262. The summed E-state index contributed by atoms with van der Waals surface area (Å²) in [6.07, 6.45) is 0.186. The minimum atomic E-state index is -0.262. The lowest BCUT2D eigenvalue weighted by molar-refractivity contribution is 0.0638. The smallest absolute Gasteiger partial charge is 0.493 e. The molecule has 0 amide bonds. The van der Waals surface area contributed by atoms with E-state index in [1.807, 2.05) is 26.0 Å². The van der Waals surface area contributed by atoms with Crippen LogP contribution in [0.4, 0.5) is 0 Å². The molecule has 4 nitrogen and oxygen atoms in total. The Kier molecular flexibility index (Phi) is 6.09. The Labute approximate surface area is 127 Å². The second-order valence-electron chi connectivity index (χ2n) is 6.01. The molecule has 1 aromatic rings. The predicted molar refractivity (Wildman–Crippen MR) is 84.0 cm³/mol. The third kappa shape index (κ3) is 5.02. The minimum Gasteiger partial charge on any atom is -0.493 e. The van der Waals surface area contributed by atoms with Crippen molar-refractivity contribution in [1.29, 1.82) is 0 Å². The molecule has 0 spiro atoms. The van der Waals surface area contributed by atoms with Crippen molar-refractivity contribution in [2.45, 2.75) is 40.4 Å². The number of rotatable bonds is 7. The van der Waals surface area contributed by atoms with Crippen LogP contribution >= 0.6 is 0 Å². The highest BCUT2D eigenvalue weighted by molar-refractivity contribution is 6.61. The number of hydrogen-bond acceptors (Lipinski definition) is 4. The van der Waals surface area contributed by atoms with Crippen molar-refractivity contribution in [3.63, 3.8) is 0 Å². The fraction of sp³-hybridized carbons (Fsp3) is 0.625. The summed E-state index contributed by atoms with van der Waals surface area (Å²) in [5, 5.41) is 0. The average molecular weight is 292 g/mol. The van der Waals surface area contributed by atoms with Crippen molar-refractivity contribution in [2.75, 3.05) is 19.8 Å². The van der Waals surface area contributed by atoms with Crippen molar-refractivity contribution < 1.29 is 18.8 Å². The van der Waals surface area contributed by atoms with Crippen LogP contribution in [-0.2, 0) is 20.7 Å². The molecule has 1 aromatic carbocycles. The molecule has 0 unspecified atom stereocenters. The minimum absolute atomic E-state index is 0.186. The summed E-state index contributed by atoms with van der Waals surface area (Å²) in [4.78, 5) is 0. The van der Waals surface area contributed by atoms with Gasteiger partial charge in [0.1, 0.15) is 5.75 Å². The molecule has 1 aliphatic heterocycles. The summed E-state index contributed by atoms with van der Waals surface area (Å²) in [5.41, 5.74) is 2.06. The normalized spacial score (nSPS) is 15.2. The second-order valence-corrected chi connectivity index (χ2v) is 6.01. The Balaban J connectivity index is 2.13. The van der Waals surface area contributed by atoms with Crippen molar-refractivity contribution in [3.05, 3.63) is 23.8 Å². The maximum absolute atomic E-state index is 5.89. The van der Waals surface area contributed by atoms with E-state index >= 15 is 0 Å². The van der Waals surface area contributed by atoms with Crippen LogP contribution in [0.25, 0.3) is 0 Å². The van der Waals surface area contributed by atoms with Gasteiger partial charge in [-0.2, -0.15) is 0 Å². The Morgan fingerprint density at radius 2 is 1.86 bits per heavy atom. The average Bonchev–Trinajstić information content (AvgIpc) is 2.97. The van der Waals surface area contributed by atoms with E-state index in [9.17, 15) is 0 Å². The fourth-order valence-corrected chi connectivity index (χ4v) is 2.06. The summed E-state index contributed by atoms with van der Waals surface area (Å²) in [6.45, 7) is 10.9. The van der Waals surface area contributed by atoms with Gasteiger partial charge < -0.3 is 18.8 Å². The lowest BCUT2D eigenvalue weighted by Crippen LogP contribution is -2.32. The first kappa shape index (κ1) is 16.3. The molecule has 116 valence electrons. The summed E-state index contributed by atoms with van der Waals surface area (Å²) < 4.78 is 22.7. The van der Waals surface area contributed by atoms with Crippen LogP contribution in [-0.4, -0.2) is 33.0 Å². The lowest BCUT2D eigenvalue weighted by atomic mass is 9.78. The van der Waals surface area contributed by atoms with E-state index in [1.54, 1.807) is 0 Å². The Morgan fingerprint density at radius 3 is 2.48 bits per heavy atom. The highest BCUT2D eigenvalue weighted by atomic mass is 16.6. The van der Waals surface area contributed by atoms with E-state index in [0.717, 1.165) is 16.8 Å². The molecule has 1 saturated heterocycles. The van der Waals surface area contributed by atoms with Crippen LogP contribution < -0.4 is 10.2 Å². The van der Waals surface area contributed by atoms with Gasteiger partial charge in [-0.15, -0.1) is 0 Å². The van der Waals surface area contributed by atoms with Gasteiger partial charge in [-0.1, -0.05) is 26.0 Å². The Bertz CT molecular complexity index is 442. The molecule has 0 N–H and O–H groups in total. The van der Waals surface area contributed by atoms with Gasteiger partial charge in [0.05, 0.1) is 32.5 Å². The molecule has 0 bridgehead atoms. The zero-order valence-corrected chi connectivity index (χ0v) is 13.4. The van der Waals surface area contributed by atoms with Crippen molar-refractivity contribution in [1.82, 2.24) is 0 Å². The third-order valence-corrected chi connectivity index (χ3v) is 3.12. The van der Waals surface area contributed by atoms with Crippen LogP contribution in [0.2, 0.25) is 0 Å². The number of ether oxygens (including phenoxy) is 2. The summed E-state index contributed by atoms with van der Waals surface area (Å²) >= 11 is 0. The third-order valence-electron chi connectivity index (χ3n) is 3.12. The van der Waals surface area contributed by atoms with E-state index in [4.69, 9.17) is 18.8 Å². The summed E-state index contributed by atoms with van der Waals surface area (Å²) in [5.74, 6) is 1.37. The zero-order chi connectivity index (χ0) is 15.2. The number of hydrogen-bond donors (Lipinski definition) is 0. The Hall–Kier alpha value is -1.04. The molecule has 1 heterocycles. The quantitative estimate of drug-likeness (QED) is 0.723. The van der Waals surface area contributed by atoms with Gasteiger partial charge in [-0.25, -0.2) is 0 Å². The number of benzene rings is 1. The van der Waals surface area contributed by atoms with Gasteiger partial charge in [-0.05, 0) is 31.3 Å². The van der Waals surface area contributed by atoms with Crippen molar-refractivity contribution in [3.8, 4) is 5.75 Å². The molecule has 0 aromatic heterocycles. The molecular weight excluding hydrogens is 267 g/mol. The van der Waals surface area contributed by atoms with Gasteiger partial charge in [-0.3, -0.25) is 0 Å². The first-order valence-electron chi connectivity index (χ1n) is 7.66. The fourth-order valence-electron chi connectivity index (χ4n) is 2.06. The van der Waals surface area contributed by atoms with Crippen LogP contribution in [0, 0.1) is 5.92 Å². The molecule has 0 saturated carbocycles. The first-order chi connectivity index (χ1) is 10.1. The van der Waals surface area contributed by atoms with E-state index in [-0.39, 0.29) is 13.2 Å². The van der Waals surface area contributed by atoms with Crippen molar-refractivity contribution >= 4 is 12.6 Å². The Morgan fingerprint density at radius 1 is 1.14 bits per heavy atom. The first-order valence-corrected chi connectivity index (χ1v) is 7.66. The molecule has 2 rings (SSSR count). The molecule has 1 fully saturated rings. The highest BCUT2D eigenvalue weighted by Gasteiger charge is 2.27. The molecular formula is C16H25BO4. The van der Waals surface area contributed by atoms with Gasteiger partial charge in [0.25, 0.3) is 0 Å². The van der Waals surface area contributed by atoms with Gasteiger partial charge in [0.15, 0.2) is 0 Å². The van der Waals surface area contributed by atoms with E-state index < -0.39 is 0 Å². The lowest BCUT2D eigenvalue weighted by Gasteiger charge is -2.16. The van der Waals surface area contributed by atoms with Crippen LogP contribution in [0.1, 0.15) is 33.3 Å². The topological polar surface area (TPSA) is 36.9 Å². The molecule has 5 heteroatoms. The van der Waals surface area contributed by atoms with Gasteiger partial charge in [0.2, 0.25) is 0 Å². The predicted octanol–water partition coefficient (Wildman–Crippen LogP) is 2.39. The van der Waals surface area contributed by atoms with Crippen LogP contribution in [0.15, 0.2) is 18.2 Å². The zero-order valence-electron chi connectivity index (χ0n) is 13.4. The largest absolute Gasteiger partial charge is 0.494 e. The van der Waals surface area contributed by atoms with Crippen LogP contribution in [0.5, 0.6) is 5.75 Å². The maximum atomic E-state index is 5.89. The van der Waals surface area contributed by atoms with E-state index in [2.05, 4.69) is 19.9 Å². The van der Waals surface area contributed by atoms with E-state index in [0.29, 0.717) is 32.3 Å².